The maximum Gasteiger partial charge on any atom is 0.303 e. The Morgan fingerprint density at radius 3 is 2.89 bits per heavy atom. The summed E-state index contributed by atoms with van der Waals surface area (Å²) < 4.78 is 5.62. The van der Waals surface area contributed by atoms with Crippen molar-refractivity contribution in [2.75, 3.05) is 13.1 Å². The summed E-state index contributed by atoms with van der Waals surface area (Å²) >= 11 is 0. The van der Waals surface area contributed by atoms with Gasteiger partial charge in [-0.25, -0.2) is 0 Å². The van der Waals surface area contributed by atoms with Gasteiger partial charge in [0.2, 0.25) is 0 Å². The number of carbonyl (C=O) groups is 1. The Labute approximate surface area is 113 Å². The Morgan fingerprint density at radius 1 is 1.37 bits per heavy atom. The van der Waals surface area contributed by atoms with E-state index in [9.17, 15) is 4.79 Å². The molecule has 19 heavy (non-hydrogen) atoms. The molecule has 0 radical (unpaired) electrons. The normalized spacial score (nSPS) is 27.6. The average molecular weight is 257 g/mol. The van der Waals surface area contributed by atoms with E-state index in [1.807, 2.05) is 18.2 Å². The van der Waals surface area contributed by atoms with Crippen LogP contribution in [0.3, 0.4) is 0 Å². The van der Waals surface area contributed by atoms with E-state index in [0.717, 1.165) is 32.4 Å². The zero-order chi connectivity index (χ0) is 13.3. The smallest absolute Gasteiger partial charge is 0.303 e. The second-order valence-corrected chi connectivity index (χ2v) is 5.52. The van der Waals surface area contributed by atoms with Crippen molar-refractivity contribution in [2.45, 2.75) is 31.8 Å². The van der Waals surface area contributed by atoms with Crippen molar-refractivity contribution < 1.29 is 9.53 Å². The van der Waals surface area contributed by atoms with Crippen LogP contribution in [0.5, 0.6) is 0 Å². The monoisotopic (exact) mass is 257 g/mol. The van der Waals surface area contributed by atoms with Crippen LogP contribution in [-0.2, 0) is 9.53 Å². The number of hydrogen-bond donors (Lipinski definition) is 0. The highest BCUT2D eigenvalue weighted by Crippen LogP contribution is 2.41. The number of esters is 1. The van der Waals surface area contributed by atoms with Crippen molar-refractivity contribution in [3.05, 3.63) is 41.6 Å². The Hall–Kier alpha value is -1.77. The van der Waals surface area contributed by atoms with E-state index in [-0.39, 0.29) is 11.6 Å². The van der Waals surface area contributed by atoms with Gasteiger partial charge in [0, 0.05) is 25.6 Å². The number of ether oxygens (including phenoxy) is 1. The lowest BCUT2D eigenvalue weighted by Crippen LogP contribution is -2.42. The minimum atomic E-state index is -0.273. The van der Waals surface area contributed by atoms with Gasteiger partial charge in [-0.2, -0.15) is 0 Å². The Bertz CT molecular complexity index is 509. The highest BCUT2D eigenvalue weighted by Gasteiger charge is 2.45. The van der Waals surface area contributed by atoms with Crippen LogP contribution >= 0.6 is 0 Å². The van der Waals surface area contributed by atoms with Gasteiger partial charge in [-0.05, 0) is 24.5 Å². The maximum atomic E-state index is 11.3. The molecule has 0 aliphatic carbocycles. The molecule has 0 aromatic heterocycles. The molecule has 3 heteroatoms. The van der Waals surface area contributed by atoms with Gasteiger partial charge in [-0.15, -0.1) is 0 Å². The van der Waals surface area contributed by atoms with Crippen LogP contribution in [0, 0.1) is 0 Å². The van der Waals surface area contributed by atoms with Crippen LogP contribution in [0.2, 0.25) is 0 Å². The van der Waals surface area contributed by atoms with Gasteiger partial charge in [-0.1, -0.05) is 30.3 Å². The molecule has 2 aliphatic heterocycles. The minimum absolute atomic E-state index is 0.164. The molecule has 1 unspecified atom stereocenters. The topological polar surface area (TPSA) is 29.5 Å². The summed E-state index contributed by atoms with van der Waals surface area (Å²) in [5.41, 5.74) is 2.23. The van der Waals surface area contributed by atoms with E-state index >= 15 is 0 Å². The molecule has 3 nitrogen and oxygen atoms in total. The molecule has 0 spiro atoms. The first-order valence-corrected chi connectivity index (χ1v) is 6.87. The number of benzene rings is 1. The third-order valence-electron chi connectivity index (χ3n) is 3.94. The molecule has 1 atom stereocenters. The van der Waals surface area contributed by atoms with Crippen LogP contribution in [0.4, 0.5) is 0 Å². The van der Waals surface area contributed by atoms with Crippen LogP contribution in [-0.4, -0.2) is 29.6 Å². The quantitative estimate of drug-likeness (QED) is 0.763. The van der Waals surface area contributed by atoms with E-state index < -0.39 is 0 Å². The summed E-state index contributed by atoms with van der Waals surface area (Å²) in [6, 6.07) is 10.3. The summed E-state index contributed by atoms with van der Waals surface area (Å²) in [5, 5.41) is 0. The SMILES string of the molecule is CC(=O)OC12CCCN(C1)/C(=C/c1ccccc1)C2. The van der Waals surface area contributed by atoms with Gasteiger partial charge < -0.3 is 9.64 Å². The first-order valence-electron chi connectivity index (χ1n) is 6.87. The second-order valence-electron chi connectivity index (χ2n) is 5.52. The number of carbonyl (C=O) groups excluding carboxylic acids is 1. The van der Waals surface area contributed by atoms with E-state index in [0.29, 0.717) is 0 Å². The van der Waals surface area contributed by atoms with E-state index in [4.69, 9.17) is 4.74 Å². The van der Waals surface area contributed by atoms with Gasteiger partial charge in [-0.3, -0.25) is 4.79 Å². The summed E-state index contributed by atoms with van der Waals surface area (Å²) in [6.45, 7) is 3.43. The lowest BCUT2D eigenvalue weighted by atomic mass is 9.94. The standard InChI is InChI=1S/C16H19NO2/c1-13(18)19-16-8-5-9-17(12-16)15(11-16)10-14-6-3-2-4-7-14/h2-4,6-7,10H,5,8-9,11-12H2,1H3/b15-10+. The second kappa shape index (κ2) is 4.72. The van der Waals surface area contributed by atoms with Crippen LogP contribution in [0.15, 0.2) is 36.0 Å². The van der Waals surface area contributed by atoms with Gasteiger partial charge in [0.15, 0.2) is 0 Å². The molecule has 3 rings (SSSR count). The number of hydrogen-bond acceptors (Lipinski definition) is 3. The van der Waals surface area contributed by atoms with Gasteiger partial charge in [0.25, 0.3) is 0 Å². The zero-order valence-corrected chi connectivity index (χ0v) is 11.3. The minimum Gasteiger partial charge on any atom is -0.457 e. The fourth-order valence-corrected chi connectivity index (χ4v) is 3.24. The molecule has 2 fully saturated rings. The summed E-state index contributed by atoms with van der Waals surface area (Å²) in [5.74, 6) is -0.164. The zero-order valence-electron chi connectivity index (χ0n) is 11.3. The Morgan fingerprint density at radius 2 is 2.16 bits per heavy atom. The molecule has 100 valence electrons. The molecule has 2 heterocycles. The fraction of sp³-hybridized carbons (Fsp3) is 0.438. The van der Waals surface area contributed by atoms with E-state index in [1.54, 1.807) is 0 Å². The number of rotatable bonds is 2. The third kappa shape index (κ3) is 2.50. The van der Waals surface area contributed by atoms with Crippen LogP contribution in [0.25, 0.3) is 6.08 Å². The number of fused-ring (bicyclic) bond motifs is 2. The molecule has 1 aromatic carbocycles. The van der Waals surface area contributed by atoms with Crippen LogP contribution in [0.1, 0.15) is 31.7 Å². The van der Waals surface area contributed by atoms with Crippen molar-refractivity contribution in [2.24, 2.45) is 0 Å². The van der Waals surface area contributed by atoms with Gasteiger partial charge in [0.05, 0.1) is 6.54 Å². The molecule has 2 saturated heterocycles. The number of piperidine rings is 1. The summed E-state index contributed by atoms with van der Waals surface area (Å²) in [4.78, 5) is 13.7. The Kier molecular flexibility index (Phi) is 3.05. The molecular weight excluding hydrogens is 238 g/mol. The molecule has 1 aromatic rings. The molecule has 2 bridgehead atoms. The Balaban J connectivity index is 1.85. The third-order valence-corrected chi connectivity index (χ3v) is 3.94. The average Bonchev–Trinajstić information content (AvgIpc) is 2.60. The lowest BCUT2D eigenvalue weighted by Gasteiger charge is -2.33. The first kappa shape index (κ1) is 12.3. The maximum absolute atomic E-state index is 11.3. The lowest BCUT2D eigenvalue weighted by molar-refractivity contribution is -0.157. The van der Waals surface area contributed by atoms with E-state index in [2.05, 4.69) is 23.1 Å². The van der Waals surface area contributed by atoms with Crippen molar-refractivity contribution >= 4 is 12.0 Å². The molecule has 0 N–H and O–H groups in total. The molecule has 0 saturated carbocycles. The number of nitrogens with zero attached hydrogens (tertiary/aromatic N) is 1. The first-order chi connectivity index (χ1) is 9.17. The van der Waals surface area contributed by atoms with Crippen molar-refractivity contribution in [3.63, 3.8) is 0 Å². The van der Waals surface area contributed by atoms with Crippen LogP contribution < -0.4 is 0 Å². The highest BCUT2D eigenvalue weighted by atomic mass is 16.6. The molecule has 0 amide bonds. The van der Waals surface area contributed by atoms with Gasteiger partial charge >= 0.3 is 5.97 Å². The fourth-order valence-electron chi connectivity index (χ4n) is 3.24. The summed E-state index contributed by atoms with van der Waals surface area (Å²) in [7, 11) is 0. The highest BCUT2D eigenvalue weighted by molar-refractivity contribution is 5.67. The molecular formula is C16H19NO2. The largest absolute Gasteiger partial charge is 0.457 e. The van der Waals surface area contributed by atoms with Gasteiger partial charge in [0.1, 0.15) is 5.60 Å². The predicted octanol–water partition coefficient (Wildman–Crippen LogP) is 2.83. The van der Waals surface area contributed by atoms with Crippen molar-refractivity contribution in [1.29, 1.82) is 0 Å². The van der Waals surface area contributed by atoms with Crippen molar-refractivity contribution in [1.82, 2.24) is 4.90 Å². The molecule has 2 aliphatic rings. The van der Waals surface area contributed by atoms with E-state index in [1.165, 1.54) is 18.2 Å². The predicted molar refractivity (Wildman–Crippen MR) is 74.3 cm³/mol. The van der Waals surface area contributed by atoms with Crippen molar-refractivity contribution in [3.8, 4) is 0 Å². The summed E-state index contributed by atoms with van der Waals surface area (Å²) in [6.07, 6.45) is 5.15.